The summed E-state index contributed by atoms with van der Waals surface area (Å²) in [5.41, 5.74) is 0.815. The van der Waals surface area contributed by atoms with E-state index in [-0.39, 0.29) is 24.7 Å². The van der Waals surface area contributed by atoms with Crippen LogP contribution in [0.25, 0.3) is 0 Å². The van der Waals surface area contributed by atoms with Crippen LogP contribution in [0.5, 0.6) is 0 Å². The summed E-state index contributed by atoms with van der Waals surface area (Å²) in [6.07, 6.45) is 0.523. The molecule has 2 unspecified atom stereocenters. The van der Waals surface area contributed by atoms with Crippen molar-refractivity contribution in [2.24, 2.45) is 0 Å². The lowest BCUT2D eigenvalue weighted by Crippen LogP contribution is -2.54. The van der Waals surface area contributed by atoms with Crippen molar-refractivity contribution in [3.05, 3.63) is 47.7 Å². The van der Waals surface area contributed by atoms with Crippen molar-refractivity contribution in [1.29, 1.82) is 0 Å². The molecule has 1 amide bonds. The Kier molecular flexibility index (Phi) is 3.54. The van der Waals surface area contributed by atoms with E-state index in [0.717, 1.165) is 16.5 Å². The summed E-state index contributed by atoms with van der Waals surface area (Å²) in [5, 5.41) is 9.18. The number of carboxylic acid groups (broad SMARTS) is 1. The van der Waals surface area contributed by atoms with E-state index in [0.29, 0.717) is 0 Å². The number of rotatable bonds is 4. The van der Waals surface area contributed by atoms with Gasteiger partial charge in [0, 0.05) is 0 Å². The summed E-state index contributed by atoms with van der Waals surface area (Å²) >= 11 is 0. The second kappa shape index (κ2) is 5.51. The molecule has 2 aliphatic rings. The summed E-state index contributed by atoms with van der Waals surface area (Å²) in [7, 11) is 0. The van der Waals surface area contributed by atoms with Crippen molar-refractivity contribution in [2.75, 3.05) is 0 Å². The third-order valence-corrected chi connectivity index (χ3v) is 3.49. The van der Waals surface area contributed by atoms with Crippen molar-refractivity contribution >= 4 is 17.8 Å². The highest BCUT2D eigenvalue weighted by molar-refractivity contribution is 5.93. The first-order chi connectivity index (χ1) is 10.6. The fourth-order valence-electron chi connectivity index (χ4n) is 2.41. The largest absolute Gasteiger partial charge is 0.479 e. The summed E-state index contributed by atoms with van der Waals surface area (Å²) < 4.78 is 10.4. The Balaban J connectivity index is 1.67. The number of benzene rings is 1. The summed E-state index contributed by atoms with van der Waals surface area (Å²) in [4.78, 5) is 35.5. The molecule has 2 fully saturated rings. The first-order valence-corrected chi connectivity index (χ1v) is 6.69. The number of aliphatic carboxylic acids is 1. The van der Waals surface area contributed by atoms with Crippen molar-refractivity contribution in [2.45, 2.75) is 25.3 Å². The molecule has 114 valence electrons. The average molecular weight is 303 g/mol. The van der Waals surface area contributed by atoms with Gasteiger partial charge in [-0.05, 0) is 5.56 Å². The van der Waals surface area contributed by atoms with Crippen molar-refractivity contribution in [1.82, 2.24) is 4.90 Å². The number of amides is 1. The van der Waals surface area contributed by atoms with Crippen LogP contribution < -0.4 is 0 Å². The number of β-lactam (4-membered cyclic amide) rings is 1. The van der Waals surface area contributed by atoms with Crippen LogP contribution in [0, 0.1) is 0 Å². The molecule has 2 aliphatic heterocycles. The van der Waals surface area contributed by atoms with Gasteiger partial charge in [-0.2, -0.15) is 0 Å². The van der Waals surface area contributed by atoms with Crippen LogP contribution in [-0.4, -0.2) is 40.1 Å². The summed E-state index contributed by atoms with van der Waals surface area (Å²) in [5.74, 6) is -2.32. The molecule has 7 nitrogen and oxygen atoms in total. The molecular formula is C15H13NO6. The lowest BCUT2D eigenvalue weighted by atomic mass is 10.1. The quantitative estimate of drug-likeness (QED) is 0.499. The summed E-state index contributed by atoms with van der Waals surface area (Å²) in [6, 6.07) is 7.83. The molecule has 0 aromatic heterocycles. The number of carboxylic acids is 1. The zero-order valence-corrected chi connectivity index (χ0v) is 11.5. The van der Waals surface area contributed by atoms with Crippen molar-refractivity contribution in [3.8, 4) is 0 Å². The second-order valence-electron chi connectivity index (χ2n) is 4.96. The number of nitrogens with zero attached hydrogens (tertiary/aromatic N) is 1. The zero-order chi connectivity index (χ0) is 15.7. The molecule has 1 aromatic rings. The molecule has 2 saturated heterocycles. The Morgan fingerprint density at radius 1 is 1.36 bits per heavy atom. The minimum absolute atomic E-state index is 0.0681. The Morgan fingerprint density at radius 2 is 2.09 bits per heavy atom. The highest BCUT2D eigenvalue weighted by atomic mass is 16.5. The zero-order valence-electron chi connectivity index (χ0n) is 11.5. The highest BCUT2D eigenvalue weighted by Gasteiger charge is 2.54. The van der Waals surface area contributed by atoms with Crippen molar-refractivity contribution in [3.63, 3.8) is 0 Å². The molecule has 7 heteroatoms. The van der Waals surface area contributed by atoms with Gasteiger partial charge in [0.15, 0.2) is 12.3 Å². The van der Waals surface area contributed by atoms with E-state index in [1.165, 1.54) is 0 Å². The lowest BCUT2D eigenvalue weighted by Gasteiger charge is -2.33. The molecule has 0 bridgehead atoms. The normalized spacial score (nSPS) is 24.5. The molecule has 3 rings (SSSR count). The molecule has 2 heterocycles. The first-order valence-electron chi connectivity index (χ1n) is 6.69. The van der Waals surface area contributed by atoms with Crippen LogP contribution in [0.2, 0.25) is 0 Å². The Hall–Kier alpha value is -2.83. The third-order valence-electron chi connectivity index (χ3n) is 3.49. The third kappa shape index (κ3) is 2.52. The number of fused-ring (bicyclic) bond motifs is 1. The van der Waals surface area contributed by atoms with E-state index in [1.807, 2.05) is 18.2 Å². The van der Waals surface area contributed by atoms with E-state index in [4.69, 9.17) is 9.47 Å². The SMILES string of the molecule is O=C(/C=C1/OC2CC(=O)N2C1C(=O)O)OCc1ccccc1. The van der Waals surface area contributed by atoms with Crippen LogP contribution >= 0.6 is 0 Å². The average Bonchev–Trinajstić information content (AvgIpc) is 2.78. The summed E-state index contributed by atoms with van der Waals surface area (Å²) in [6.45, 7) is 0.0767. The fourth-order valence-corrected chi connectivity index (χ4v) is 2.41. The number of esters is 1. The molecule has 0 aliphatic carbocycles. The maximum Gasteiger partial charge on any atom is 0.334 e. The Bertz CT molecular complexity index is 653. The van der Waals surface area contributed by atoms with Crippen molar-refractivity contribution < 1.29 is 29.0 Å². The lowest BCUT2D eigenvalue weighted by molar-refractivity contribution is -0.163. The second-order valence-corrected chi connectivity index (χ2v) is 4.96. The number of carbonyl (C=O) groups is 3. The Morgan fingerprint density at radius 3 is 2.73 bits per heavy atom. The van der Waals surface area contributed by atoms with Crippen LogP contribution in [0.15, 0.2) is 42.2 Å². The number of hydrogen-bond acceptors (Lipinski definition) is 5. The van der Waals surface area contributed by atoms with Gasteiger partial charge in [0.2, 0.25) is 5.91 Å². The molecular weight excluding hydrogens is 290 g/mol. The number of ether oxygens (including phenoxy) is 2. The van der Waals surface area contributed by atoms with E-state index in [2.05, 4.69) is 0 Å². The topological polar surface area (TPSA) is 93.1 Å². The standard InChI is InChI=1S/C15H13NO6/c17-11-7-12-16(11)14(15(19)20)10(22-12)6-13(18)21-8-9-4-2-1-3-5-9/h1-6,12,14H,7-8H2,(H,19,20)/b10-6+. The first kappa shape index (κ1) is 14.1. The van der Waals surface area contributed by atoms with Gasteiger partial charge in [-0.15, -0.1) is 0 Å². The predicted molar refractivity (Wildman–Crippen MR) is 72.1 cm³/mol. The molecule has 0 spiro atoms. The van der Waals surface area contributed by atoms with Gasteiger partial charge >= 0.3 is 11.9 Å². The minimum Gasteiger partial charge on any atom is -0.479 e. The van der Waals surface area contributed by atoms with Crippen LogP contribution in [0.4, 0.5) is 0 Å². The van der Waals surface area contributed by atoms with Gasteiger partial charge in [-0.1, -0.05) is 30.3 Å². The number of hydrogen-bond donors (Lipinski definition) is 1. The van der Waals surface area contributed by atoms with E-state index in [9.17, 15) is 19.5 Å². The maximum atomic E-state index is 11.8. The molecule has 22 heavy (non-hydrogen) atoms. The van der Waals surface area contributed by atoms with Crippen LogP contribution in [0.3, 0.4) is 0 Å². The molecule has 1 aromatic carbocycles. The molecule has 0 radical (unpaired) electrons. The van der Waals surface area contributed by atoms with Gasteiger partial charge in [-0.25, -0.2) is 9.59 Å². The minimum atomic E-state index is -1.25. The van der Waals surface area contributed by atoms with Gasteiger partial charge in [0.1, 0.15) is 12.4 Å². The Labute approximate surface area is 125 Å². The van der Waals surface area contributed by atoms with Crippen LogP contribution in [-0.2, 0) is 30.5 Å². The van der Waals surface area contributed by atoms with Gasteiger partial charge in [-0.3, -0.25) is 9.69 Å². The number of carbonyl (C=O) groups excluding carboxylic acids is 2. The van der Waals surface area contributed by atoms with Crippen LogP contribution in [0.1, 0.15) is 12.0 Å². The predicted octanol–water partition coefficient (Wildman–Crippen LogP) is 0.655. The molecule has 2 atom stereocenters. The smallest absolute Gasteiger partial charge is 0.334 e. The van der Waals surface area contributed by atoms with E-state index >= 15 is 0 Å². The fraction of sp³-hybridized carbons (Fsp3) is 0.267. The molecule has 0 saturated carbocycles. The highest BCUT2D eigenvalue weighted by Crippen LogP contribution is 2.36. The van der Waals surface area contributed by atoms with E-state index in [1.54, 1.807) is 12.1 Å². The van der Waals surface area contributed by atoms with Gasteiger partial charge in [0.25, 0.3) is 0 Å². The maximum absolute atomic E-state index is 11.8. The van der Waals surface area contributed by atoms with Gasteiger partial charge < -0.3 is 14.6 Å². The molecule has 1 N–H and O–H groups in total. The monoisotopic (exact) mass is 303 g/mol. The van der Waals surface area contributed by atoms with Gasteiger partial charge in [0.05, 0.1) is 12.5 Å². The van der Waals surface area contributed by atoms with E-state index < -0.39 is 24.2 Å².